The molecule has 7 nitrogen and oxygen atoms in total. The summed E-state index contributed by atoms with van der Waals surface area (Å²) in [4.78, 5) is 29.5. The monoisotopic (exact) mass is 410 g/mol. The van der Waals surface area contributed by atoms with Gasteiger partial charge in [0.1, 0.15) is 12.3 Å². The minimum Gasteiger partial charge on any atom is -0.465 e. The van der Waals surface area contributed by atoms with Crippen LogP contribution < -0.4 is 4.90 Å². The molecule has 2 N–H and O–H groups in total. The van der Waals surface area contributed by atoms with Crippen molar-refractivity contribution in [1.29, 1.82) is 0 Å². The fraction of sp³-hybridized carbons (Fsp3) is 0.391. The van der Waals surface area contributed by atoms with Gasteiger partial charge in [0.15, 0.2) is 0 Å². The highest BCUT2D eigenvalue weighted by molar-refractivity contribution is 6.01. The molecule has 2 aliphatic heterocycles. The molecule has 1 amide bonds. The summed E-state index contributed by atoms with van der Waals surface area (Å²) < 4.78 is 5.30. The van der Waals surface area contributed by atoms with E-state index in [1.165, 1.54) is 4.90 Å². The number of aliphatic hydroxyl groups is 2. The topological polar surface area (TPSA) is 90.3 Å². The minimum atomic E-state index is -1.05. The van der Waals surface area contributed by atoms with E-state index >= 15 is 0 Å². The number of nitrogens with zero attached hydrogens (tertiary/aromatic N) is 2. The Hall–Kier alpha value is -2.74. The van der Waals surface area contributed by atoms with Gasteiger partial charge in [-0.05, 0) is 24.6 Å². The minimum absolute atomic E-state index is 0.189. The van der Waals surface area contributed by atoms with Crippen LogP contribution in [-0.2, 0) is 14.3 Å². The van der Waals surface area contributed by atoms with Crippen molar-refractivity contribution in [3.05, 3.63) is 66.2 Å². The second-order valence-corrected chi connectivity index (χ2v) is 7.65. The van der Waals surface area contributed by atoms with Crippen LogP contribution in [-0.4, -0.2) is 59.0 Å². The second kappa shape index (κ2) is 8.55. The van der Waals surface area contributed by atoms with Gasteiger partial charge in [0.2, 0.25) is 5.91 Å². The first kappa shape index (κ1) is 20.5. The Labute approximate surface area is 175 Å². The zero-order valence-corrected chi connectivity index (χ0v) is 16.8. The van der Waals surface area contributed by atoms with E-state index in [-0.39, 0.29) is 19.1 Å². The standard InChI is InChI=1S/C23H26N2O5/c1-2-30-23(29)20-19-17(13-24(20)18(14-26)15-9-5-3-6-10-15)21(27)25(22(19)28)16-11-7-4-8-12-16/h3-12,17-21,26-27H,2,13-14H2,1H3/t17-,18+,19-,20+,21-/m1/s1. The average Bonchev–Trinajstić information content (AvgIpc) is 3.26. The first-order valence-corrected chi connectivity index (χ1v) is 10.2. The molecule has 0 spiro atoms. The largest absolute Gasteiger partial charge is 0.465 e. The molecule has 0 radical (unpaired) electrons. The van der Waals surface area contributed by atoms with Crippen LogP contribution in [0.15, 0.2) is 60.7 Å². The third-order valence-corrected chi connectivity index (χ3v) is 6.07. The highest BCUT2D eigenvalue weighted by Gasteiger charge is 2.61. The Bertz CT molecular complexity index is 891. The van der Waals surface area contributed by atoms with Crippen LogP contribution in [0.25, 0.3) is 0 Å². The van der Waals surface area contributed by atoms with Gasteiger partial charge >= 0.3 is 5.97 Å². The number of carbonyl (C=O) groups is 2. The predicted octanol–water partition coefficient (Wildman–Crippen LogP) is 1.56. The maximum absolute atomic E-state index is 13.4. The molecular weight excluding hydrogens is 384 g/mol. The highest BCUT2D eigenvalue weighted by Crippen LogP contribution is 2.45. The summed E-state index contributed by atoms with van der Waals surface area (Å²) in [5.41, 5.74) is 1.44. The fourth-order valence-electron chi connectivity index (χ4n) is 4.77. The Morgan fingerprint density at radius 3 is 2.37 bits per heavy atom. The first-order valence-electron chi connectivity index (χ1n) is 10.2. The van der Waals surface area contributed by atoms with Crippen LogP contribution in [0, 0.1) is 11.8 Å². The van der Waals surface area contributed by atoms with Gasteiger partial charge in [-0.2, -0.15) is 0 Å². The molecule has 2 heterocycles. The van der Waals surface area contributed by atoms with Crippen molar-refractivity contribution in [2.75, 3.05) is 24.7 Å². The lowest BCUT2D eigenvalue weighted by Gasteiger charge is -2.34. The summed E-state index contributed by atoms with van der Waals surface area (Å²) in [6.45, 7) is 1.99. The molecule has 4 rings (SSSR count). The Morgan fingerprint density at radius 1 is 1.13 bits per heavy atom. The number of fused-ring (bicyclic) bond motifs is 1. The van der Waals surface area contributed by atoms with E-state index in [1.54, 1.807) is 31.2 Å². The van der Waals surface area contributed by atoms with Crippen molar-refractivity contribution < 1.29 is 24.5 Å². The van der Waals surface area contributed by atoms with Crippen molar-refractivity contribution in [1.82, 2.24) is 4.90 Å². The van der Waals surface area contributed by atoms with E-state index in [9.17, 15) is 19.8 Å². The number of rotatable bonds is 6. The fourth-order valence-corrected chi connectivity index (χ4v) is 4.77. The lowest BCUT2D eigenvalue weighted by atomic mass is 9.92. The third kappa shape index (κ3) is 3.39. The molecule has 2 saturated heterocycles. The normalized spacial score (nSPS) is 27.2. The number of hydrogen-bond acceptors (Lipinski definition) is 6. The molecule has 2 aromatic rings. The molecule has 0 bridgehead atoms. The Balaban J connectivity index is 1.71. The molecule has 158 valence electrons. The predicted molar refractivity (Wildman–Crippen MR) is 110 cm³/mol. The smallest absolute Gasteiger partial charge is 0.324 e. The number of benzene rings is 2. The number of hydrogen-bond donors (Lipinski definition) is 2. The first-order chi connectivity index (χ1) is 14.6. The molecular formula is C23H26N2O5. The molecule has 0 aliphatic carbocycles. The van der Waals surface area contributed by atoms with Crippen molar-refractivity contribution >= 4 is 17.6 Å². The maximum Gasteiger partial charge on any atom is 0.324 e. The molecule has 0 saturated carbocycles. The van der Waals surface area contributed by atoms with Gasteiger partial charge in [0.25, 0.3) is 0 Å². The van der Waals surface area contributed by atoms with E-state index in [0.717, 1.165) is 5.56 Å². The van der Waals surface area contributed by atoms with Gasteiger partial charge in [0.05, 0.1) is 25.2 Å². The van der Waals surface area contributed by atoms with Crippen molar-refractivity contribution in [2.24, 2.45) is 11.8 Å². The van der Waals surface area contributed by atoms with Crippen LogP contribution in [0.5, 0.6) is 0 Å². The quantitative estimate of drug-likeness (QED) is 0.703. The van der Waals surface area contributed by atoms with Crippen LogP contribution in [0.1, 0.15) is 18.5 Å². The second-order valence-electron chi connectivity index (χ2n) is 7.65. The number of esters is 1. The number of carbonyl (C=O) groups excluding carboxylic acids is 2. The van der Waals surface area contributed by atoms with E-state index in [2.05, 4.69) is 0 Å². The molecule has 2 fully saturated rings. The summed E-state index contributed by atoms with van der Waals surface area (Å²) in [6, 6.07) is 17.0. The van der Waals surface area contributed by atoms with E-state index < -0.39 is 36.1 Å². The Morgan fingerprint density at radius 2 is 1.77 bits per heavy atom. The molecule has 30 heavy (non-hydrogen) atoms. The van der Waals surface area contributed by atoms with Crippen molar-refractivity contribution in [3.8, 4) is 0 Å². The summed E-state index contributed by atoms with van der Waals surface area (Å²) in [7, 11) is 0. The number of aliphatic hydroxyl groups excluding tert-OH is 2. The summed E-state index contributed by atoms with van der Waals surface area (Å²) in [6.07, 6.45) is -1.05. The maximum atomic E-state index is 13.4. The summed E-state index contributed by atoms with van der Waals surface area (Å²) >= 11 is 0. The lowest BCUT2D eigenvalue weighted by Crippen LogP contribution is -2.48. The number of anilines is 1. The van der Waals surface area contributed by atoms with Crippen molar-refractivity contribution in [3.63, 3.8) is 0 Å². The summed E-state index contributed by atoms with van der Waals surface area (Å²) in [5, 5.41) is 21.2. The van der Waals surface area contributed by atoms with Gasteiger partial charge in [-0.3, -0.25) is 19.4 Å². The van der Waals surface area contributed by atoms with Gasteiger partial charge in [-0.25, -0.2) is 0 Å². The molecule has 5 atom stereocenters. The van der Waals surface area contributed by atoms with Gasteiger partial charge in [-0.1, -0.05) is 48.5 Å². The van der Waals surface area contributed by atoms with Crippen LogP contribution in [0.3, 0.4) is 0 Å². The van der Waals surface area contributed by atoms with E-state index in [0.29, 0.717) is 12.2 Å². The number of likely N-dealkylation sites (tertiary alicyclic amines) is 1. The number of para-hydroxylation sites is 1. The third-order valence-electron chi connectivity index (χ3n) is 6.07. The van der Waals surface area contributed by atoms with Gasteiger partial charge in [-0.15, -0.1) is 0 Å². The SMILES string of the molecule is CCOC(=O)[C@@H]1[C@@H]2C(=O)N(c3ccccc3)[C@H](O)[C@@H]2CN1[C@@H](CO)c1ccccc1. The average molecular weight is 410 g/mol. The molecule has 2 aliphatic rings. The number of amides is 1. The summed E-state index contributed by atoms with van der Waals surface area (Å²) in [5.74, 6) is -2.01. The van der Waals surface area contributed by atoms with E-state index in [4.69, 9.17) is 4.74 Å². The molecule has 2 aromatic carbocycles. The van der Waals surface area contributed by atoms with Gasteiger partial charge in [0, 0.05) is 18.2 Å². The van der Waals surface area contributed by atoms with Crippen LogP contribution >= 0.6 is 0 Å². The van der Waals surface area contributed by atoms with Crippen LogP contribution in [0.4, 0.5) is 5.69 Å². The van der Waals surface area contributed by atoms with Crippen molar-refractivity contribution in [2.45, 2.75) is 25.2 Å². The zero-order chi connectivity index (χ0) is 21.3. The molecule has 0 unspecified atom stereocenters. The van der Waals surface area contributed by atoms with Crippen LogP contribution in [0.2, 0.25) is 0 Å². The van der Waals surface area contributed by atoms with Gasteiger partial charge < -0.3 is 14.9 Å². The zero-order valence-electron chi connectivity index (χ0n) is 16.8. The lowest BCUT2D eigenvalue weighted by molar-refractivity contribution is -0.152. The Kier molecular flexibility index (Phi) is 5.85. The highest BCUT2D eigenvalue weighted by atomic mass is 16.5. The van der Waals surface area contributed by atoms with E-state index in [1.807, 2.05) is 41.3 Å². The molecule has 7 heteroatoms. The molecule has 0 aromatic heterocycles. The number of ether oxygens (including phenoxy) is 1.